The predicted molar refractivity (Wildman–Crippen MR) is 84.3 cm³/mol. The van der Waals surface area contributed by atoms with E-state index in [0.717, 1.165) is 30.3 Å². The highest BCUT2D eigenvalue weighted by atomic mass is 79.9. The van der Waals surface area contributed by atoms with Gasteiger partial charge in [0.2, 0.25) is 0 Å². The van der Waals surface area contributed by atoms with Crippen molar-refractivity contribution in [1.82, 2.24) is 4.98 Å². The highest BCUT2D eigenvalue weighted by molar-refractivity contribution is 9.11. The van der Waals surface area contributed by atoms with E-state index in [9.17, 15) is 0 Å². The topological polar surface area (TPSA) is 56.3 Å². The molecular formula is C13H8Br3NO3. The number of rotatable bonds is 2. The van der Waals surface area contributed by atoms with Gasteiger partial charge >= 0.3 is 6.15 Å². The fraction of sp³-hybridized carbons (Fsp3) is 0.0769. The van der Waals surface area contributed by atoms with E-state index < -0.39 is 0 Å². The van der Waals surface area contributed by atoms with Crippen LogP contribution in [0.15, 0.2) is 44.0 Å². The van der Waals surface area contributed by atoms with E-state index in [1.165, 1.54) is 0 Å². The van der Waals surface area contributed by atoms with Crippen molar-refractivity contribution < 1.29 is 14.3 Å². The summed E-state index contributed by atoms with van der Waals surface area (Å²) < 4.78 is 8.17. The van der Waals surface area contributed by atoms with Crippen molar-refractivity contribution in [2.45, 2.75) is 0 Å². The second kappa shape index (κ2) is 8.32. The fourth-order valence-electron chi connectivity index (χ4n) is 1.49. The Balaban J connectivity index is 0.000000612. The van der Waals surface area contributed by atoms with Crippen molar-refractivity contribution >= 4 is 53.9 Å². The summed E-state index contributed by atoms with van der Waals surface area (Å²) in [6.07, 6.45) is 3.79. The van der Waals surface area contributed by atoms with Gasteiger partial charge in [-0.05, 0) is 50.1 Å². The number of hydrogen-bond donors (Lipinski definition) is 0. The van der Waals surface area contributed by atoms with Gasteiger partial charge in [0.25, 0.3) is 0 Å². The molecule has 0 amide bonds. The molecule has 0 atom stereocenters. The zero-order chi connectivity index (χ0) is 15.1. The van der Waals surface area contributed by atoms with Crippen LogP contribution in [0, 0.1) is 0 Å². The first-order valence-corrected chi connectivity index (χ1v) is 7.55. The van der Waals surface area contributed by atoms with Crippen LogP contribution in [-0.2, 0) is 9.59 Å². The third-order valence-electron chi connectivity index (χ3n) is 2.30. The van der Waals surface area contributed by atoms with Crippen molar-refractivity contribution in [2.75, 3.05) is 7.11 Å². The summed E-state index contributed by atoms with van der Waals surface area (Å²) in [4.78, 5) is 20.3. The fourth-order valence-corrected chi connectivity index (χ4v) is 3.32. The molecule has 0 spiro atoms. The summed E-state index contributed by atoms with van der Waals surface area (Å²) in [5.41, 5.74) is 2.12. The lowest BCUT2D eigenvalue weighted by atomic mass is 10.1. The summed E-state index contributed by atoms with van der Waals surface area (Å²) in [5.74, 6) is 0.798. The lowest BCUT2D eigenvalue weighted by Gasteiger charge is -2.10. The van der Waals surface area contributed by atoms with E-state index in [1.807, 2.05) is 18.2 Å². The number of nitrogens with zero attached hydrogens (tertiary/aromatic N) is 1. The molecule has 0 saturated heterocycles. The quantitative estimate of drug-likeness (QED) is 0.657. The molecule has 1 aromatic carbocycles. The smallest absolute Gasteiger partial charge is 0.373 e. The van der Waals surface area contributed by atoms with E-state index in [-0.39, 0.29) is 6.15 Å². The SMILES string of the molecule is COc1cc(-c2ccncc2Br)c(Br)cc1Br.O=C=O. The third-order valence-corrected chi connectivity index (χ3v) is 4.21. The molecule has 0 N–H and O–H groups in total. The second-order valence-corrected chi connectivity index (χ2v) is 5.97. The van der Waals surface area contributed by atoms with Crippen molar-refractivity contribution in [1.29, 1.82) is 0 Å². The predicted octanol–water partition coefficient (Wildman–Crippen LogP) is 4.46. The van der Waals surface area contributed by atoms with Crippen LogP contribution in [0.2, 0.25) is 0 Å². The van der Waals surface area contributed by atoms with Gasteiger partial charge in [0.1, 0.15) is 5.75 Å². The van der Waals surface area contributed by atoms with Crippen molar-refractivity contribution in [3.63, 3.8) is 0 Å². The van der Waals surface area contributed by atoms with E-state index in [1.54, 1.807) is 19.5 Å². The van der Waals surface area contributed by atoms with Crippen LogP contribution >= 0.6 is 47.8 Å². The lowest BCUT2D eigenvalue weighted by Crippen LogP contribution is -1.88. The number of pyridine rings is 1. The first kappa shape index (κ1) is 17.0. The summed E-state index contributed by atoms with van der Waals surface area (Å²) in [6.45, 7) is 0. The van der Waals surface area contributed by atoms with E-state index in [4.69, 9.17) is 14.3 Å². The van der Waals surface area contributed by atoms with Crippen LogP contribution in [0.25, 0.3) is 11.1 Å². The Bertz CT molecular complexity index is 641. The molecule has 1 aromatic heterocycles. The summed E-state index contributed by atoms with van der Waals surface area (Å²) in [6, 6.07) is 5.91. The number of halogens is 3. The Morgan fingerprint density at radius 1 is 1.05 bits per heavy atom. The zero-order valence-corrected chi connectivity index (χ0v) is 15.0. The molecule has 0 unspecified atom stereocenters. The van der Waals surface area contributed by atoms with E-state index in [2.05, 4.69) is 52.8 Å². The first-order chi connectivity index (χ1) is 9.54. The molecule has 0 aliphatic rings. The monoisotopic (exact) mass is 463 g/mol. The van der Waals surface area contributed by atoms with Gasteiger partial charge in [-0.2, -0.15) is 9.59 Å². The standard InChI is InChI=1S/C12H8Br3NO.CO2/c1-17-12-4-8(9(13)5-10(12)14)7-2-3-16-6-11(7)15;2-1-3/h2-6H,1H3;. The van der Waals surface area contributed by atoms with E-state index in [0.29, 0.717) is 0 Å². The van der Waals surface area contributed by atoms with Crippen molar-refractivity contribution in [2.24, 2.45) is 0 Å². The van der Waals surface area contributed by atoms with Crippen LogP contribution in [0.4, 0.5) is 0 Å². The molecule has 0 aliphatic carbocycles. The van der Waals surface area contributed by atoms with Crippen LogP contribution in [0.1, 0.15) is 0 Å². The van der Waals surface area contributed by atoms with Gasteiger partial charge in [-0.15, -0.1) is 0 Å². The molecule has 2 rings (SSSR count). The molecule has 0 radical (unpaired) electrons. The van der Waals surface area contributed by atoms with Gasteiger partial charge in [0, 0.05) is 32.5 Å². The number of aromatic nitrogens is 1. The molecule has 0 fully saturated rings. The average molecular weight is 466 g/mol. The maximum absolute atomic E-state index is 8.12. The normalized spacial score (nSPS) is 9.20. The molecule has 7 heteroatoms. The molecular weight excluding hydrogens is 458 g/mol. The number of benzene rings is 1. The highest BCUT2D eigenvalue weighted by Crippen LogP contribution is 2.39. The maximum atomic E-state index is 8.12. The third kappa shape index (κ3) is 4.24. The maximum Gasteiger partial charge on any atom is 0.373 e. The van der Waals surface area contributed by atoms with Gasteiger partial charge < -0.3 is 4.74 Å². The number of hydrogen-bond acceptors (Lipinski definition) is 4. The number of methoxy groups -OCH3 is 1. The molecule has 104 valence electrons. The first-order valence-electron chi connectivity index (χ1n) is 5.17. The van der Waals surface area contributed by atoms with Crippen LogP contribution < -0.4 is 4.74 Å². The number of ether oxygens (including phenoxy) is 1. The largest absolute Gasteiger partial charge is 0.496 e. The Morgan fingerprint density at radius 2 is 1.70 bits per heavy atom. The van der Waals surface area contributed by atoms with Gasteiger partial charge in [-0.1, -0.05) is 15.9 Å². The summed E-state index contributed by atoms with van der Waals surface area (Å²) >= 11 is 10.5. The van der Waals surface area contributed by atoms with Gasteiger partial charge in [-0.3, -0.25) is 4.98 Å². The Kier molecular flexibility index (Phi) is 7.09. The number of carbonyl (C=O) groups excluding carboxylic acids is 2. The molecule has 2 aromatic rings. The highest BCUT2D eigenvalue weighted by Gasteiger charge is 2.11. The van der Waals surface area contributed by atoms with E-state index >= 15 is 0 Å². The van der Waals surface area contributed by atoms with Gasteiger partial charge in [-0.25, -0.2) is 0 Å². The second-order valence-electron chi connectivity index (χ2n) is 3.41. The molecule has 0 saturated carbocycles. The van der Waals surface area contributed by atoms with Crippen molar-refractivity contribution in [3.8, 4) is 16.9 Å². The minimum atomic E-state index is 0.250. The molecule has 20 heavy (non-hydrogen) atoms. The minimum Gasteiger partial charge on any atom is -0.496 e. The Morgan fingerprint density at radius 3 is 2.25 bits per heavy atom. The molecule has 4 nitrogen and oxygen atoms in total. The molecule has 0 aliphatic heterocycles. The lowest BCUT2D eigenvalue weighted by molar-refractivity contribution is -0.191. The van der Waals surface area contributed by atoms with Gasteiger partial charge in [0.15, 0.2) is 0 Å². The zero-order valence-electron chi connectivity index (χ0n) is 10.2. The van der Waals surface area contributed by atoms with Crippen LogP contribution in [0.5, 0.6) is 5.75 Å². The van der Waals surface area contributed by atoms with Crippen LogP contribution in [0.3, 0.4) is 0 Å². The van der Waals surface area contributed by atoms with Gasteiger partial charge in [0.05, 0.1) is 11.6 Å². The Hall–Kier alpha value is -1.01. The molecule has 1 heterocycles. The molecule has 0 bridgehead atoms. The minimum absolute atomic E-state index is 0.250. The summed E-state index contributed by atoms with van der Waals surface area (Å²) in [7, 11) is 1.65. The van der Waals surface area contributed by atoms with Crippen LogP contribution in [-0.4, -0.2) is 18.2 Å². The summed E-state index contributed by atoms with van der Waals surface area (Å²) in [5, 5.41) is 0. The average Bonchev–Trinajstić information content (AvgIpc) is 2.41. The Labute approximate surface area is 140 Å². The van der Waals surface area contributed by atoms with Crippen molar-refractivity contribution in [3.05, 3.63) is 44.0 Å².